The average molecular weight is 519 g/mol. The van der Waals surface area contributed by atoms with Gasteiger partial charge in [0.2, 0.25) is 5.90 Å². The standard InChI is InChI=1S/C26H15ClN2O6S/c1-14-6-8-15(9-7-14)25(30)34-20-5-3-2-4-16(20)12-19-26(31)35-24(28-19)23-22(27)18-11-10-17(29(32)33)13-21(18)36-23/h2-13H,1H3/b19-12+. The van der Waals surface area contributed by atoms with Crippen molar-refractivity contribution in [1.82, 2.24) is 0 Å². The maximum absolute atomic E-state index is 12.6. The van der Waals surface area contributed by atoms with E-state index in [1.165, 1.54) is 18.2 Å². The van der Waals surface area contributed by atoms with Gasteiger partial charge >= 0.3 is 11.9 Å². The number of nitrogens with zero attached hydrogens (tertiary/aromatic N) is 2. The lowest BCUT2D eigenvalue weighted by molar-refractivity contribution is -0.384. The summed E-state index contributed by atoms with van der Waals surface area (Å²) in [4.78, 5) is 40.4. The molecule has 178 valence electrons. The normalized spacial score (nSPS) is 14.1. The molecule has 0 radical (unpaired) electrons. The fourth-order valence-corrected chi connectivity index (χ4v) is 4.97. The zero-order valence-corrected chi connectivity index (χ0v) is 20.1. The smallest absolute Gasteiger partial charge is 0.363 e. The van der Waals surface area contributed by atoms with Gasteiger partial charge in [-0.25, -0.2) is 14.6 Å². The number of para-hydroxylation sites is 1. The summed E-state index contributed by atoms with van der Waals surface area (Å²) in [5.74, 6) is -0.997. The van der Waals surface area contributed by atoms with Gasteiger partial charge in [0.25, 0.3) is 5.69 Å². The summed E-state index contributed by atoms with van der Waals surface area (Å²) in [7, 11) is 0. The van der Waals surface area contributed by atoms with E-state index in [-0.39, 0.29) is 28.1 Å². The molecule has 0 aliphatic carbocycles. The Labute approximate surface area is 213 Å². The second-order valence-electron chi connectivity index (χ2n) is 7.81. The number of hydrogen-bond donors (Lipinski definition) is 0. The lowest BCUT2D eigenvalue weighted by Crippen LogP contribution is -2.09. The van der Waals surface area contributed by atoms with Crippen molar-refractivity contribution in [2.24, 2.45) is 4.99 Å². The average Bonchev–Trinajstić information content (AvgIpc) is 3.39. The predicted octanol–water partition coefficient (Wildman–Crippen LogP) is 6.34. The number of rotatable bonds is 5. The van der Waals surface area contributed by atoms with Gasteiger partial charge < -0.3 is 9.47 Å². The monoisotopic (exact) mass is 518 g/mol. The minimum atomic E-state index is -0.704. The Morgan fingerprint density at radius 2 is 1.89 bits per heavy atom. The highest BCUT2D eigenvalue weighted by atomic mass is 35.5. The van der Waals surface area contributed by atoms with Gasteiger partial charge in [-0.1, -0.05) is 47.5 Å². The molecule has 3 aromatic carbocycles. The molecule has 5 rings (SSSR count). The molecular formula is C26H15ClN2O6S. The summed E-state index contributed by atoms with van der Waals surface area (Å²) in [6.45, 7) is 1.92. The van der Waals surface area contributed by atoms with Gasteiger partial charge in [0.15, 0.2) is 5.70 Å². The van der Waals surface area contributed by atoms with Crippen LogP contribution in [0.15, 0.2) is 77.4 Å². The molecule has 8 nitrogen and oxygen atoms in total. The van der Waals surface area contributed by atoms with Crippen LogP contribution in [0.25, 0.3) is 16.2 Å². The van der Waals surface area contributed by atoms with Gasteiger partial charge in [0.1, 0.15) is 10.6 Å². The molecule has 0 spiro atoms. The first-order valence-corrected chi connectivity index (χ1v) is 11.8. The van der Waals surface area contributed by atoms with E-state index in [2.05, 4.69) is 4.99 Å². The summed E-state index contributed by atoms with van der Waals surface area (Å²) in [5, 5.41) is 12.0. The largest absolute Gasteiger partial charge is 0.422 e. The number of halogens is 1. The number of nitro groups is 1. The lowest BCUT2D eigenvalue weighted by Gasteiger charge is -2.07. The van der Waals surface area contributed by atoms with Crippen molar-refractivity contribution in [1.29, 1.82) is 0 Å². The molecule has 1 aliphatic heterocycles. The number of carbonyl (C=O) groups excluding carboxylic acids is 2. The molecule has 0 N–H and O–H groups in total. The number of non-ortho nitro benzene ring substituents is 1. The Morgan fingerprint density at radius 1 is 1.14 bits per heavy atom. The zero-order chi connectivity index (χ0) is 25.4. The second kappa shape index (κ2) is 9.37. The molecule has 0 amide bonds. The summed E-state index contributed by atoms with van der Waals surface area (Å²) < 4.78 is 11.5. The zero-order valence-electron chi connectivity index (χ0n) is 18.6. The summed E-state index contributed by atoms with van der Waals surface area (Å²) in [5.41, 5.74) is 1.77. The van der Waals surface area contributed by atoms with Crippen LogP contribution in [-0.4, -0.2) is 22.8 Å². The number of aliphatic imine (C=N–C) groups is 1. The van der Waals surface area contributed by atoms with Gasteiger partial charge in [-0.05, 0) is 37.3 Å². The van der Waals surface area contributed by atoms with Crippen molar-refractivity contribution < 1.29 is 24.0 Å². The summed E-state index contributed by atoms with van der Waals surface area (Å²) in [6.07, 6.45) is 1.46. The molecule has 1 aromatic heterocycles. The van der Waals surface area contributed by atoms with Crippen molar-refractivity contribution in [3.05, 3.63) is 109 Å². The Bertz CT molecular complexity index is 1620. The Hall–Kier alpha value is -4.34. The summed E-state index contributed by atoms with van der Waals surface area (Å²) in [6, 6.07) is 18.0. The van der Waals surface area contributed by atoms with Crippen LogP contribution < -0.4 is 4.74 Å². The number of ether oxygens (including phenoxy) is 2. The molecule has 10 heteroatoms. The molecule has 36 heavy (non-hydrogen) atoms. The van der Waals surface area contributed by atoms with E-state index in [4.69, 9.17) is 21.1 Å². The number of benzene rings is 3. The van der Waals surface area contributed by atoms with Crippen LogP contribution >= 0.6 is 22.9 Å². The van der Waals surface area contributed by atoms with Crippen LogP contribution in [0.5, 0.6) is 5.75 Å². The first kappa shape index (κ1) is 23.4. The van der Waals surface area contributed by atoms with Crippen molar-refractivity contribution in [2.75, 3.05) is 0 Å². The third-order valence-electron chi connectivity index (χ3n) is 5.34. The van der Waals surface area contributed by atoms with Gasteiger partial charge in [-0.15, -0.1) is 11.3 Å². The molecule has 0 saturated heterocycles. The number of carbonyl (C=O) groups is 2. The fraction of sp³-hybridized carbons (Fsp3) is 0.0385. The van der Waals surface area contributed by atoms with Crippen molar-refractivity contribution >= 4 is 62.6 Å². The molecular weight excluding hydrogens is 504 g/mol. The van der Waals surface area contributed by atoms with Crippen molar-refractivity contribution in [3.8, 4) is 5.75 Å². The maximum Gasteiger partial charge on any atom is 0.363 e. The number of aryl methyl sites for hydroxylation is 1. The Morgan fingerprint density at radius 3 is 2.64 bits per heavy atom. The molecule has 0 bridgehead atoms. The topological polar surface area (TPSA) is 108 Å². The molecule has 0 saturated carbocycles. The van der Waals surface area contributed by atoms with Gasteiger partial charge in [0, 0.05) is 27.8 Å². The van der Waals surface area contributed by atoms with E-state index in [9.17, 15) is 19.7 Å². The van der Waals surface area contributed by atoms with Crippen molar-refractivity contribution in [3.63, 3.8) is 0 Å². The van der Waals surface area contributed by atoms with Gasteiger partial charge in [0.05, 0.1) is 15.5 Å². The fourth-order valence-electron chi connectivity index (χ4n) is 3.50. The van der Waals surface area contributed by atoms with Crippen LogP contribution in [0.1, 0.15) is 26.4 Å². The Kier molecular flexibility index (Phi) is 6.09. The first-order chi connectivity index (χ1) is 17.3. The summed E-state index contributed by atoms with van der Waals surface area (Å²) >= 11 is 7.60. The second-order valence-corrected chi connectivity index (χ2v) is 9.24. The lowest BCUT2D eigenvalue weighted by atomic mass is 10.1. The van der Waals surface area contributed by atoms with E-state index < -0.39 is 16.9 Å². The van der Waals surface area contributed by atoms with Crippen LogP contribution in [-0.2, 0) is 9.53 Å². The van der Waals surface area contributed by atoms with Crippen LogP contribution in [0.2, 0.25) is 5.02 Å². The number of esters is 2. The van der Waals surface area contributed by atoms with Gasteiger partial charge in [-0.2, -0.15) is 0 Å². The molecule has 2 heterocycles. The molecule has 1 aliphatic rings. The van der Waals surface area contributed by atoms with E-state index in [0.29, 0.717) is 26.1 Å². The predicted molar refractivity (Wildman–Crippen MR) is 137 cm³/mol. The SMILES string of the molecule is Cc1ccc(C(=O)Oc2ccccc2/C=C2/N=C(c3sc4cc([N+](=O)[O-])ccc4c3Cl)OC2=O)cc1. The Balaban J connectivity index is 1.46. The highest BCUT2D eigenvalue weighted by Crippen LogP contribution is 2.39. The quantitative estimate of drug-likeness (QED) is 0.100. The minimum Gasteiger partial charge on any atom is -0.422 e. The third-order valence-corrected chi connectivity index (χ3v) is 6.98. The van der Waals surface area contributed by atoms with Crippen LogP contribution in [0.3, 0.4) is 0 Å². The van der Waals surface area contributed by atoms with Crippen molar-refractivity contribution in [2.45, 2.75) is 6.92 Å². The van der Waals surface area contributed by atoms with E-state index in [0.717, 1.165) is 16.9 Å². The highest BCUT2D eigenvalue weighted by Gasteiger charge is 2.29. The molecule has 0 unspecified atom stereocenters. The maximum atomic E-state index is 12.6. The number of cyclic esters (lactones) is 1. The van der Waals surface area contributed by atoms with E-state index >= 15 is 0 Å². The molecule has 0 fully saturated rings. The van der Waals surface area contributed by atoms with E-state index in [1.54, 1.807) is 42.5 Å². The number of nitro benzene ring substituents is 1. The third kappa shape index (κ3) is 4.49. The number of fused-ring (bicyclic) bond motifs is 1. The van der Waals surface area contributed by atoms with E-state index in [1.807, 2.05) is 19.1 Å². The number of thiophene rings is 1. The van der Waals surface area contributed by atoms with Crippen LogP contribution in [0.4, 0.5) is 5.69 Å². The highest BCUT2D eigenvalue weighted by molar-refractivity contribution is 7.21. The van der Waals surface area contributed by atoms with Gasteiger partial charge in [-0.3, -0.25) is 10.1 Å². The van der Waals surface area contributed by atoms with Crippen LogP contribution in [0, 0.1) is 17.0 Å². The molecule has 0 atom stereocenters. The molecule has 4 aromatic rings. The number of hydrogen-bond acceptors (Lipinski definition) is 8. The minimum absolute atomic E-state index is 0.00534. The first-order valence-electron chi connectivity index (χ1n) is 10.6.